The van der Waals surface area contributed by atoms with Crippen LogP contribution in [0.15, 0.2) is 48.5 Å². The van der Waals surface area contributed by atoms with Crippen molar-refractivity contribution in [1.82, 2.24) is 4.90 Å². The molecule has 1 atom stereocenters. The second kappa shape index (κ2) is 8.35. The van der Waals surface area contributed by atoms with E-state index >= 15 is 0 Å². The maximum absolute atomic E-state index is 13.2. The standard InChI is InChI=1S/C22H27NO4S/c1-16(2)27-21-10-8-19(9-11-21)22(24)23(20-12-13-28(25,26)15-20)14-18-6-4-17(3)5-7-18/h4-11,16,20H,12-15H2,1-3H3/t20-/m0/s1. The highest BCUT2D eigenvalue weighted by molar-refractivity contribution is 7.91. The lowest BCUT2D eigenvalue weighted by Gasteiger charge is -2.28. The molecule has 3 rings (SSSR count). The summed E-state index contributed by atoms with van der Waals surface area (Å²) in [5, 5.41) is 0. The second-order valence-corrected chi connectivity index (χ2v) is 9.90. The smallest absolute Gasteiger partial charge is 0.254 e. The van der Waals surface area contributed by atoms with Gasteiger partial charge in [0.1, 0.15) is 5.75 Å². The van der Waals surface area contributed by atoms with Crippen molar-refractivity contribution in [3.63, 3.8) is 0 Å². The van der Waals surface area contributed by atoms with E-state index in [-0.39, 0.29) is 29.6 Å². The molecule has 0 radical (unpaired) electrons. The van der Waals surface area contributed by atoms with Gasteiger partial charge in [-0.25, -0.2) is 8.42 Å². The van der Waals surface area contributed by atoms with E-state index < -0.39 is 9.84 Å². The summed E-state index contributed by atoms with van der Waals surface area (Å²) < 4.78 is 29.6. The molecule has 2 aromatic rings. The fraction of sp³-hybridized carbons (Fsp3) is 0.409. The lowest BCUT2D eigenvalue weighted by Crippen LogP contribution is -2.40. The Kier molecular flexibility index (Phi) is 6.08. The van der Waals surface area contributed by atoms with Crippen molar-refractivity contribution >= 4 is 15.7 Å². The van der Waals surface area contributed by atoms with Crippen molar-refractivity contribution in [1.29, 1.82) is 0 Å². The molecule has 5 nitrogen and oxygen atoms in total. The molecule has 1 fully saturated rings. The minimum Gasteiger partial charge on any atom is -0.491 e. The highest BCUT2D eigenvalue weighted by Crippen LogP contribution is 2.23. The fourth-order valence-electron chi connectivity index (χ4n) is 3.39. The molecule has 0 N–H and O–H groups in total. The van der Waals surface area contributed by atoms with Crippen molar-refractivity contribution in [2.75, 3.05) is 11.5 Å². The molecule has 1 aliphatic heterocycles. The Labute approximate surface area is 167 Å². The molecule has 2 aromatic carbocycles. The number of nitrogens with zero attached hydrogens (tertiary/aromatic N) is 1. The maximum atomic E-state index is 13.2. The first-order chi connectivity index (χ1) is 13.2. The number of hydrogen-bond donors (Lipinski definition) is 0. The van der Waals surface area contributed by atoms with Crippen LogP contribution in [0.3, 0.4) is 0 Å². The normalized spacial score (nSPS) is 18.2. The van der Waals surface area contributed by atoms with Crippen molar-refractivity contribution in [3.05, 3.63) is 65.2 Å². The van der Waals surface area contributed by atoms with Gasteiger partial charge in [0.2, 0.25) is 0 Å². The third kappa shape index (κ3) is 5.13. The summed E-state index contributed by atoms with van der Waals surface area (Å²) in [4.78, 5) is 14.9. The Morgan fingerprint density at radius 3 is 2.29 bits per heavy atom. The van der Waals surface area contributed by atoms with Gasteiger partial charge in [-0.1, -0.05) is 29.8 Å². The second-order valence-electron chi connectivity index (χ2n) is 7.67. The largest absolute Gasteiger partial charge is 0.491 e. The summed E-state index contributed by atoms with van der Waals surface area (Å²) in [5.41, 5.74) is 2.67. The van der Waals surface area contributed by atoms with Crippen molar-refractivity contribution in [2.24, 2.45) is 0 Å². The first kappa shape index (κ1) is 20.4. The highest BCUT2D eigenvalue weighted by Gasteiger charge is 2.35. The first-order valence-electron chi connectivity index (χ1n) is 9.57. The summed E-state index contributed by atoms with van der Waals surface area (Å²) in [6.45, 7) is 6.30. The van der Waals surface area contributed by atoms with Gasteiger partial charge in [-0.2, -0.15) is 0 Å². The molecule has 1 amide bonds. The van der Waals surface area contributed by atoms with E-state index in [0.29, 0.717) is 24.3 Å². The SMILES string of the molecule is Cc1ccc(CN(C(=O)c2ccc(OC(C)C)cc2)[C@H]2CCS(=O)(=O)C2)cc1. The van der Waals surface area contributed by atoms with Gasteiger partial charge in [-0.05, 0) is 57.0 Å². The molecule has 0 aliphatic carbocycles. The number of sulfone groups is 1. The van der Waals surface area contributed by atoms with Crippen LogP contribution in [0, 0.1) is 6.92 Å². The van der Waals surface area contributed by atoms with E-state index in [1.54, 1.807) is 29.2 Å². The quantitative estimate of drug-likeness (QED) is 0.742. The van der Waals surface area contributed by atoms with Gasteiger partial charge in [-0.3, -0.25) is 4.79 Å². The summed E-state index contributed by atoms with van der Waals surface area (Å²) in [5.74, 6) is 0.717. The zero-order valence-electron chi connectivity index (χ0n) is 16.6. The van der Waals surface area contributed by atoms with Gasteiger partial charge in [0, 0.05) is 18.2 Å². The molecular weight excluding hydrogens is 374 g/mol. The van der Waals surface area contributed by atoms with Crippen LogP contribution in [0.25, 0.3) is 0 Å². The fourth-order valence-corrected chi connectivity index (χ4v) is 5.12. The third-order valence-electron chi connectivity index (χ3n) is 4.86. The zero-order valence-corrected chi connectivity index (χ0v) is 17.4. The van der Waals surface area contributed by atoms with Crippen molar-refractivity contribution in [3.8, 4) is 5.75 Å². The third-order valence-corrected chi connectivity index (χ3v) is 6.61. The average molecular weight is 402 g/mol. The number of ether oxygens (including phenoxy) is 1. The molecular formula is C22H27NO4S. The Morgan fingerprint density at radius 1 is 1.11 bits per heavy atom. The number of amides is 1. The van der Waals surface area contributed by atoms with Crippen LogP contribution in [0.4, 0.5) is 0 Å². The molecule has 1 heterocycles. The maximum Gasteiger partial charge on any atom is 0.254 e. The van der Waals surface area contributed by atoms with Crippen molar-refractivity contribution in [2.45, 2.75) is 45.9 Å². The molecule has 0 bridgehead atoms. The molecule has 0 spiro atoms. The van der Waals surface area contributed by atoms with E-state index in [0.717, 1.165) is 11.1 Å². The van der Waals surface area contributed by atoms with Crippen LogP contribution in [-0.4, -0.2) is 42.9 Å². The predicted molar refractivity (Wildman–Crippen MR) is 110 cm³/mol. The number of carbonyl (C=O) groups is 1. The van der Waals surface area contributed by atoms with Crippen molar-refractivity contribution < 1.29 is 17.9 Å². The lowest BCUT2D eigenvalue weighted by molar-refractivity contribution is 0.0681. The molecule has 0 saturated carbocycles. The van der Waals surface area contributed by atoms with Gasteiger partial charge in [0.25, 0.3) is 5.91 Å². The van der Waals surface area contributed by atoms with Crippen LogP contribution in [0.2, 0.25) is 0 Å². The molecule has 28 heavy (non-hydrogen) atoms. The number of hydrogen-bond acceptors (Lipinski definition) is 4. The summed E-state index contributed by atoms with van der Waals surface area (Å²) in [6.07, 6.45) is 0.539. The van der Waals surface area contributed by atoms with Crippen LogP contribution in [0.5, 0.6) is 5.75 Å². The highest BCUT2D eigenvalue weighted by atomic mass is 32.2. The number of carbonyl (C=O) groups excluding carboxylic acids is 1. The Balaban J connectivity index is 1.84. The molecule has 150 valence electrons. The molecule has 1 aliphatic rings. The van der Waals surface area contributed by atoms with Gasteiger partial charge in [0.05, 0.1) is 17.6 Å². The van der Waals surface area contributed by atoms with Gasteiger partial charge in [-0.15, -0.1) is 0 Å². The molecule has 6 heteroatoms. The Bertz CT molecular complexity index is 918. The molecule has 1 saturated heterocycles. The average Bonchev–Trinajstić information content (AvgIpc) is 3.00. The summed E-state index contributed by atoms with van der Waals surface area (Å²) in [7, 11) is -3.09. The van der Waals surface area contributed by atoms with Crippen LogP contribution in [-0.2, 0) is 16.4 Å². The summed E-state index contributed by atoms with van der Waals surface area (Å²) in [6, 6.07) is 14.7. The minimum absolute atomic E-state index is 0.0269. The van der Waals surface area contributed by atoms with E-state index in [1.165, 1.54) is 0 Å². The monoisotopic (exact) mass is 401 g/mol. The van der Waals surface area contributed by atoms with E-state index in [1.807, 2.05) is 45.0 Å². The van der Waals surface area contributed by atoms with Gasteiger partial charge < -0.3 is 9.64 Å². The topological polar surface area (TPSA) is 63.7 Å². The lowest BCUT2D eigenvalue weighted by atomic mass is 10.1. The van der Waals surface area contributed by atoms with E-state index in [9.17, 15) is 13.2 Å². The predicted octanol–water partition coefficient (Wildman–Crippen LogP) is 3.61. The molecule has 0 unspecified atom stereocenters. The first-order valence-corrected chi connectivity index (χ1v) is 11.4. The van der Waals surface area contributed by atoms with Gasteiger partial charge >= 0.3 is 0 Å². The van der Waals surface area contributed by atoms with E-state index in [2.05, 4.69) is 0 Å². The number of benzene rings is 2. The molecule has 0 aromatic heterocycles. The number of aryl methyl sites for hydroxylation is 1. The Hall–Kier alpha value is -2.34. The van der Waals surface area contributed by atoms with Crippen LogP contribution in [0.1, 0.15) is 41.8 Å². The Morgan fingerprint density at radius 2 is 1.75 bits per heavy atom. The van der Waals surface area contributed by atoms with Crippen LogP contribution >= 0.6 is 0 Å². The minimum atomic E-state index is -3.09. The zero-order chi connectivity index (χ0) is 20.3. The number of rotatable bonds is 6. The van der Waals surface area contributed by atoms with Crippen LogP contribution < -0.4 is 4.74 Å². The van der Waals surface area contributed by atoms with Gasteiger partial charge in [0.15, 0.2) is 9.84 Å². The summed E-state index contributed by atoms with van der Waals surface area (Å²) >= 11 is 0. The van der Waals surface area contributed by atoms with E-state index in [4.69, 9.17) is 4.74 Å².